The minimum Gasteiger partial charge on any atom is -0.350 e. The third kappa shape index (κ3) is 4.78. The summed E-state index contributed by atoms with van der Waals surface area (Å²) in [6.07, 6.45) is 0. The van der Waals surface area contributed by atoms with E-state index in [1.807, 2.05) is 31.2 Å². The summed E-state index contributed by atoms with van der Waals surface area (Å²) in [4.78, 5) is 12.7. The number of hydrogen-bond acceptors (Lipinski definition) is 3. The molecular weight excluding hydrogens is 372 g/mol. The maximum Gasteiger partial charge on any atom is 0.264 e. The van der Waals surface area contributed by atoms with Gasteiger partial charge < -0.3 is 5.32 Å². The number of nitrogens with zero attached hydrogens (tertiary/aromatic N) is 1. The van der Waals surface area contributed by atoms with Gasteiger partial charge in [-0.15, -0.1) is 0 Å². The summed E-state index contributed by atoms with van der Waals surface area (Å²) in [5.74, 6) is -0.371. The number of anilines is 1. The Balaban J connectivity index is 1.80. The minimum absolute atomic E-state index is 0.144. The molecule has 0 radical (unpaired) electrons. The van der Waals surface area contributed by atoms with Crippen LogP contribution in [0, 0.1) is 6.92 Å². The zero-order chi connectivity index (χ0) is 20.0. The van der Waals surface area contributed by atoms with Gasteiger partial charge in [0.25, 0.3) is 10.0 Å². The standard InChI is InChI=1S/C22H22N2O3S/c1-18-12-14-19(15-13-18)16-23-22(25)17-24(20-8-4-2-5-9-20)28(26,27)21-10-6-3-7-11-21/h2-15H,16-17H2,1H3,(H,23,25). The second-order valence-electron chi connectivity index (χ2n) is 6.42. The summed E-state index contributed by atoms with van der Waals surface area (Å²) in [5, 5.41) is 2.80. The molecule has 0 saturated carbocycles. The molecule has 0 aromatic heterocycles. The van der Waals surface area contributed by atoms with Crippen molar-refractivity contribution in [2.45, 2.75) is 18.4 Å². The van der Waals surface area contributed by atoms with Crippen molar-refractivity contribution in [1.82, 2.24) is 5.32 Å². The Kier molecular flexibility index (Phi) is 6.11. The van der Waals surface area contributed by atoms with Crippen LogP contribution in [0.25, 0.3) is 0 Å². The second-order valence-corrected chi connectivity index (χ2v) is 8.28. The van der Waals surface area contributed by atoms with Crippen LogP contribution in [0.3, 0.4) is 0 Å². The van der Waals surface area contributed by atoms with Crippen molar-refractivity contribution >= 4 is 21.6 Å². The zero-order valence-electron chi connectivity index (χ0n) is 15.6. The number of amides is 1. The Hall–Kier alpha value is -3.12. The Morgan fingerprint density at radius 2 is 1.43 bits per heavy atom. The predicted molar refractivity (Wildman–Crippen MR) is 110 cm³/mol. The van der Waals surface area contributed by atoms with Crippen molar-refractivity contribution in [3.05, 3.63) is 96.1 Å². The molecule has 0 atom stereocenters. The van der Waals surface area contributed by atoms with E-state index in [1.165, 1.54) is 12.1 Å². The van der Waals surface area contributed by atoms with Gasteiger partial charge in [-0.3, -0.25) is 9.10 Å². The van der Waals surface area contributed by atoms with E-state index in [1.54, 1.807) is 48.5 Å². The van der Waals surface area contributed by atoms with Gasteiger partial charge in [0, 0.05) is 6.54 Å². The van der Waals surface area contributed by atoms with Gasteiger partial charge in [-0.05, 0) is 36.8 Å². The SMILES string of the molecule is Cc1ccc(CNC(=O)CN(c2ccccc2)S(=O)(=O)c2ccccc2)cc1. The Bertz CT molecular complexity index is 1020. The number of carbonyl (C=O) groups is 1. The van der Waals surface area contributed by atoms with E-state index in [9.17, 15) is 13.2 Å². The van der Waals surface area contributed by atoms with Crippen LogP contribution in [0.1, 0.15) is 11.1 Å². The monoisotopic (exact) mass is 394 g/mol. The van der Waals surface area contributed by atoms with Crippen LogP contribution in [0.15, 0.2) is 89.8 Å². The average Bonchev–Trinajstić information content (AvgIpc) is 2.73. The fraction of sp³-hybridized carbons (Fsp3) is 0.136. The highest BCUT2D eigenvalue weighted by molar-refractivity contribution is 7.92. The first kappa shape index (κ1) is 19.6. The van der Waals surface area contributed by atoms with Crippen molar-refractivity contribution < 1.29 is 13.2 Å². The van der Waals surface area contributed by atoms with Gasteiger partial charge in [0.1, 0.15) is 6.54 Å². The number of carbonyl (C=O) groups excluding carboxylic acids is 1. The third-order valence-electron chi connectivity index (χ3n) is 4.27. The van der Waals surface area contributed by atoms with Crippen molar-refractivity contribution in [1.29, 1.82) is 0 Å². The van der Waals surface area contributed by atoms with Gasteiger partial charge in [0.15, 0.2) is 0 Å². The van der Waals surface area contributed by atoms with Crippen LogP contribution >= 0.6 is 0 Å². The summed E-state index contributed by atoms with van der Waals surface area (Å²) >= 11 is 0. The summed E-state index contributed by atoms with van der Waals surface area (Å²) in [5.41, 5.74) is 2.53. The molecule has 3 rings (SSSR count). The van der Waals surface area contributed by atoms with Crippen LogP contribution in [0.5, 0.6) is 0 Å². The highest BCUT2D eigenvalue weighted by Crippen LogP contribution is 2.23. The van der Waals surface area contributed by atoms with Crippen LogP contribution in [-0.2, 0) is 21.4 Å². The molecular formula is C22H22N2O3S. The number of rotatable bonds is 7. The molecule has 1 N–H and O–H groups in total. The molecule has 0 heterocycles. The van der Waals surface area contributed by atoms with Gasteiger partial charge in [0.2, 0.25) is 5.91 Å². The lowest BCUT2D eigenvalue weighted by molar-refractivity contribution is -0.119. The highest BCUT2D eigenvalue weighted by Gasteiger charge is 2.26. The third-order valence-corrected chi connectivity index (χ3v) is 6.06. The van der Waals surface area contributed by atoms with Crippen LogP contribution in [0.2, 0.25) is 0 Å². The zero-order valence-corrected chi connectivity index (χ0v) is 16.4. The normalized spacial score (nSPS) is 11.0. The molecule has 5 nitrogen and oxygen atoms in total. The van der Waals surface area contributed by atoms with Crippen molar-refractivity contribution in [2.75, 3.05) is 10.8 Å². The molecule has 0 aliphatic rings. The van der Waals surface area contributed by atoms with Crippen LogP contribution in [0.4, 0.5) is 5.69 Å². The number of nitrogens with one attached hydrogen (secondary N) is 1. The lowest BCUT2D eigenvalue weighted by Gasteiger charge is -2.24. The molecule has 0 fully saturated rings. The van der Waals surface area contributed by atoms with E-state index in [2.05, 4.69) is 5.32 Å². The smallest absolute Gasteiger partial charge is 0.264 e. The lowest BCUT2D eigenvalue weighted by Crippen LogP contribution is -2.40. The Morgan fingerprint density at radius 3 is 2.04 bits per heavy atom. The molecule has 0 saturated heterocycles. The molecule has 0 bridgehead atoms. The first-order valence-corrected chi connectivity index (χ1v) is 10.4. The van der Waals surface area contributed by atoms with Crippen molar-refractivity contribution in [3.63, 3.8) is 0 Å². The first-order chi connectivity index (χ1) is 13.5. The van der Waals surface area contributed by atoms with Gasteiger partial charge >= 0.3 is 0 Å². The van der Waals surface area contributed by atoms with E-state index in [0.717, 1.165) is 15.4 Å². The molecule has 1 amide bonds. The van der Waals surface area contributed by atoms with Crippen molar-refractivity contribution in [3.8, 4) is 0 Å². The average molecular weight is 394 g/mol. The number of para-hydroxylation sites is 1. The fourth-order valence-electron chi connectivity index (χ4n) is 2.72. The number of aryl methyl sites for hydroxylation is 1. The molecule has 0 spiro atoms. The van der Waals surface area contributed by atoms with E-state index in [-0.39, 0.29) is 17.3 Å². The van der Waals surface area contributed by atoms with Gasteiger partial charge in [0.05, 0.1) is 10.6 Å². The number of sulfonamides is 1. The largest absolute Gasteiger partial charge is 0.350 e. The number of hydrogen-bond donors (Lipinski definition) is 1. The maximum atomic E-state index is 13.1. The van der Waals surface area contributed by atoms with Crippen LogP contribution < -0.4 is 9.62 Å². The molecule has 144 valence electrons. The van der Waals surface area contributed by atoms with E-state index < -0.39 is 10.0 Å². The maximum absolute atomic E-state index is 13.1. The molecule has 28 heavy (non-hydrogen) atoms. The van der Waals surface area contributed by atoms with Crippen molar-refractivity contribution in [2.24, 2.45) is 0 Å². The highest BCUT2D eigenvalue weighted by atomic mass is 32.2. The van der Waals surface area contributed by atoms with E-state index in [4.69, 9.17) is 0 Å². The molecule has 3 aromatic rings. The van der Waals surface area contributed by atoms with E-state index in [0.29, 0.717) is 12.2 Å². The molecule has 3 aromatic carbocycles. The van der Waals surface area contributed by atoms with Crippen LogP contribution in [-0.4, -0.2) is 20.9 Å². The molecule has 6 heteroatoms. The summed E-state index contributed by atoms with van der Waals surface area (Å²) in [6.45, 7) is 2.04. The Labute approximate surface area is 165 Å². The second kappa shape index (κ2) is 8.71. The first-order valence-electron chi connectivity index (χ1n) is 8.92. The molecule has 0 aliphatic carbocycles. The van der Waals surface area contributed by atoms with Gasteiger partial charge in [-0.25, -0.2) is 8.42 Å². The lowest BCUT2D eigenvalue weighted by atomic mass is 10.1. The summed E-state index contributed by atoms with van der Waals surface area (Å²) < 4.78 is 27.4. The fourth-order valence-corrected chi connectivity index (χ4v) is 4.16. The van der Waals surface area contributed by atoms with Gasteiger partial charge in [-0.2, -0.15) is 0 Å². The Morgan fingerprint density at radius 1 is 0.857 bits per heavy atom. The van der Waals surface area contributed by atoms with E-state index >= 15 is 0 Å². The predicted octanol–water partition coefficient (Wildman–Crippen LogP) is 3.51. The van der Waals surface area contributed by atoms with Gasteiger partial charge in [-0.1, -0.05) is 66.2 Å². The quantitative estimate of drug-likeness (QED) is 0.667. The summed E-state index contributed by atoms with van der Waals surface area (Å²) in [6, 6.07) is 24.6. The topological polar surface area (TPSA) is 66.5 Å². The number of benzene rings is 3. The summed E-state index contributed by atoms with van der Waals surface area (Å²) in [7, 11) is -3.87. The molecule has 0 unspecified atom stereocenters. The molecule has 0 aliphatic heterocycles. The minimum atomic E-state index is -3.87.